The molecular weight excluding hydrogens is 356 g/mol. The van der Waals surface area contributed by atoms with Gasteiger partial charge in [-0.1, -0.05) is 24.3 Å². The lowest BCUT2D eigenvalue weighted by Crippen LogP contribution is -2.50. The van der Waals surface area contributed by atoms with E-state index in [2.05, 4.69) is 11.9 Å². The van der Waals surface area contributed by atoms with Crippen LogP contribution in [0.3, 0.4) is 0 Å². The van der Waals surface area contributed by atoms with Gasteiger partial charge in [-0.15, -0.1) is 12.4 Å². The van der Waals surface area contributed by atoms with Crippen molar-refractivity contribution in [2.24, 2.45) is 0 Å². The molecule has 2 saturated heterocycles. The first kappa shape index (κ1) is 19.3. The van der Waals surface area contributed by atoms with Crippen molar-refractivity contribution in [1.29, 1.82) is 0 Å². The molecule has 2 aromatic carbocycles. The van der Waals surface area contributed by atoms with Gasteiger partial charge in [0.2, 0.25) is 0 Å². The van der Waals surface area contributed by atoms with Crippen molar-refractivity contribution < 1.29 is 13.5 Å². The number of rotatable bonds is 4. The van der Waals surface area contributed by atoms with Gasteiger partial charge in [0, 0.05) is 6.04 Å². The monoisotopic (exact) mass is 379 g/mol. The number of hydrogen-bond donors (Lipinski definition) is 0. The van der Waals surface area contributed by atoms with E-state index in [0.29, 0.717) is 6.04 Å². The van der Waals surface area contributed by atoms with Gasteiger partial charge in [-0.05, 0) is 74.5 Å². The highest BCUT2D eigenvalue weighted by molar-refractivity contribution is 5.85. The molecule has 0 spiro atoms. The molecule has 2 aromatic rings. The molecule has 2 aliphatic heterocycles. The largest absolute Gasteiger partial charge is 0.348 e. The van der Waals surface area contributed by atoms with Crippen LogP contribution in [0, 0.1) is 11.6 Å². The summed E-state index contributed by atoms with van der Waals surface area (Å²) in [5, 5.41) is 0. The minimum Gasteiger partial charge on any atom is -0.348 e. The quantitative estimate of drug-likeness (QED) is 0.698. The third-order valence-corrected chi connectivity index (χ3v) is 5.85. The van der Waals surface area contributed by atoms with Gasteiger partial charge in [0.1, 0.15) is 23.5 Å². The molecule has 2 fully saturated rings. The smallest absolute Gasteiger partial charge is 0.123 e. The van der Waals surface area contributed by atoms with Gasteiger partial charge in [0.15, 0.2) is 0 Å². The van der Waals surface area contributed by atoms with E-state index in [4.69, 9.17) is 4.74 Å². The fourth-order valence-corrected chi connectivity index (χ4v) is 4.37. The molecule has 26 heavy (non-hydrogen) atoms. The molecule has 4 rings (SSSR count). The number of hydrogen-bond acceptors (Lipinski definition) is 2. The first-order valence-electron chi connectivity index (χ1n) is 8.99. The second-order valence-corrected chi connectivity index (χ2v) is 7.24. The van der Waals surface area contributed by atoms with Crippen LogP contribution in [0.5, 0.6) is 0 Å². The lowest BCUT2D eigenvalue weighted by Gasteiger charge is -2.44. The Morgan fingerprint density at radius 2 is 1.46 bits per heavy atom. The average molecular weight is 380 g/mol. The molecule has 2 atom stereocenters. The summed E-state index contributed by atoms with van der Waals surface area (Å²) >= 11 is 0. The molecule has 0 aliphatic carbocycles. The Labute approximate surface area is 159 Å². The molecule has 0 aromatic heterocycles. The summed E-state index contributed by atoms with van der Waals surface area (Å²) in [5.41, 5.74) is 1.51. The van der Waals surface area contributed by atoms with Crippen LogP contribution in [0.25, 0.3) is 0 Å². The van der Waals surface area contributed by atoms with E-state index in [9.17, 15) is 8.78 Å². The van der Waals surface area contributed by atoms with Crippen molar-refractivity contribution in [2.45, 2.75) is 50.0 Å². The number of benzene rings is 2. The van der Waals surface area contributed by atoms with E-state index in [-0.39, 0.29) is 35.9 Å². The van der Waals surface area contributed by atoms with Crippen LogP contribution in [-0.4, -0.2) is 23.7 Å². The lowest BCUT2D eigenvalue weighted by atomic mass is 9.97. The zero-order valence-corrected chi connectivity index (χ0v) is 15.6. The molecule has 5 heteroatoms. The zero-order valence-electron chi connectivity index (χ0n) is 14.8. The molecule has 0 radical (unpaired) electrons. The van der Waals surface area contributed by atoms with E-state index in [1.807, 2.05) is 0 Å². The maximum absolute atomic E-state index is 13.4. The van der Waals surface area contributed by atoms with Gasteiger partial charge < -0.3 is 4.74 Å². The summed E-state index contributed by atoms with van der Waals surface area (Å²) in [5.74, 6) is -0.536. The number of halogens is 3. The van der Waals surface area contributed by atoms with E-state index < -0.39 is 0 Å². The molecule has 0 N–H and O–H groups in total. The fourth-order valence-electron chi connectivity index (χ4n) is 4.37. The fraction of sp³-hybridized carbons (Fsp3) is 0.429. The maximum Gasteiger partial charge on any atom is 0.123 e. The van der Waals surface area contributed by atoms with Crippen LogP contribution >= 0.6 is 12.4 Å². The number of piperidine rings is 1. The standard InChI is InChI=1S/C21H23F2NO.ClH/c1-24-19-3-2-13-21(24,14-12-19)25-20(15-4-8-17(22)9-5-15)16-6-10-18(23)11-7-16;/h4-11,19-20H,2-3,12-14H2,1H3;1H/t19-,21-;/m1./s1. The van der Waals surface area contributed by atoms with E-state index >= 15 is 0 Å². The molecule has 2 nitrogen and oxygen atoms in total. The number of fused-ring (bicyclic) bond motifs is 2. The predicted octanol–water partition coefficient (Wildman–Crippen LogP) is 5.47. The SMILES string of the molecule is CN1[C@@H]2CCC[C@@]1(OC(c1ccc(F)cc1)c1ccc(F)cc1)CC2.Cl. The molecule has 0 saturated carbocycles. The highest BCUT2D eigenvalue weighted by Gasteiger charge is 2.49. The first-order valence-corrected chi connectivity index (χ1v) is 8.99. The normalized spacial score (nSPS) is 25.3. The lowest BCUT2D eigenvalue weighted by molar-refractivity contribution is -0.176. The van der Waals surface area contributed by atoms with Crippen LogP contribution in [-0.2, 0) is 4.74 Å². The van der Waals surface area contributed by atoms with Crippen molar-refractivity contribution in [3.8, 4) is 0 Å². The van der Waals surface area contributed by atoms with Crippen molar-refractivity contribution >= 4 is 12.4 Å². The Hall–Kier alpha value is -1.49. The summed E-state index contributed by atoms with van der Waals surface area (Å²) in [6.45, 7) is 0. The van der Waals surface area contributed by atoms with Crippen molar-refractivity contribution in [1.82, 2.24) is 4.90 Å². The van der Waals surface area contributed by atoms with Crippen LogP contribution in [0.4, 0.5) is 8.78 Å². The number of ether oxygens (including phenoxy) is 1. The highest BCUT2D eigenvalue weighted by atomic mass is 35.5. The van der Waals surface area contributed by atoms with Crippen LogP contribution in [0.1, 0.15) is 49.3 Å². The Morgan fingerprint density at radius 3 is 2.00 bits per heavy atom. The van der Waals surface area contributed by atoms with Gasteiger partial charge >= 0.3 is 0 Å². The van der Waals surface area contributed by atoms with E-state index in [1.54, 1.807) is 24.3 Å². The van der Waals surface area contributed by atoms with Crippen molar-refractivity contribution in [3.05, 3.63) is 71.3 Å². The molecule has 2 aliphatic rings. The summed E-state index contributed by atoms with van der Waals surface area (Å²) in [6, 6.07) is 13.4. The summed E-state index contributed by atoms with van der Waals surface area (Å²) in [6.07, 6.45) is 5.20. The van der Waals surface area contributed by atoms with Gasteiger partial charge in [-0.2, -0.15) is 0 Å². The second kappa shape index (κ2) is 7.63. The summed E-state index contributed by atoms with van der Waals surface area (Å²) in [4.78, 5) is 2.37. The van der Waals surface area contributed by atoms with Crippen LogP contribution in [0.15, 0.2) is 48.5 Å². The highest BCUT2D eigenvalue weighted by Crippen LogP contribution is 2.47. The van der Waals surface area contributed by atoms with Crippen molar-refractivity contribution in [2.75, 3.05) is 7.05 Å². The second-order valence-electron chi connectivity index (χ2n) is 7.24. The van der Waals surface area contributed by atoms with E-state index in [0.717, 1.165) is 36.8 Å². The minimum absolute atomic E-state index is 0. The topological polar surface area (TPSA) is 12.5 Å². The number of nitrogens with zero attached hydrogens (tertiary/aromatic N) is 1. The molecule has 0 unspecified atom stereocenters. The molecule has 2 heterocycles. The Balaban J connectivity index is 0.00000196. The molecular formula is C21H24ClF2NO. The minimum atomic E-state index is -0.333. The molecule has 140 valence electrons. The average Bonchev–Trinajstić information content (AvgIpc) is 2.80. The van der Waals surface area contributed by atoms with Gasteiger partial charge in [-0.25, -0.2) is 8.78 Å². The Bertz CT molecular complexity index is 687. The van der Waals surface area contributed by atoms with Gasteiger partial charge in [0.25, 0.3) is 0 Å². The van der Waals surface area contributed by atoms with Crippen LogP contribution < -0.4 is 0 Å². The van der Waals surface area contributed by atoms with Crippen molar-refractivity contribution in [3.63, 3.8) is 0 Å². The van der Waals surface area contributed by atoms with Gasteiger partial charge in [0.05, 0.1) is 0 Å². The first-order chi connectivity index (χ1) is 12.1. The molecule has 2 bridgehead atoms. The third kappa shape index (κ3) is 3.51. The Morgan fingerprint density at radius 1 is 0.923 bits per heavy atom. The zero-order chi connectivity index (χ0) is 17.4. The van der Waals surface area contributed by atoms with Gasteiger partial charge in [-0.3, -0.25) is 4.90 Å². The maximum atomic E-state index is 13.4. The van der Waals surface area contributed by atoms with Crippen LogP contribution in [0.2, 0.25) is 0 Å². The predicted molar refractivity (Wildman–Crippen MR) is 100 cm³/mol. The Kier molecular flexibility index (Phi) is 5.66. The molecule has 0 amide bonds. The summed E-state index contributed by atoms with van der Waals surface area (Å²) in [7, 11) is 2.14. The summed E-state index contributed by atoms with van der Waals surface area (Å²) < 4.78 is 33.5. The third-order valence-electron chi connectivity index (χ3n) is 5.85. The van der Waals surface area contributed by atoms with E-state index in [1.165, 1.54) is 30.7 Å².